The molecular formula is C18H15ClN2O4S. The topological polar surface area (TPSA) is 73.6 Å². The first-order chi connectivity index (χ1) is 12.7. The van der Waals surface area contributed by atoms with Gasteiger partial charge in [-0.3, -0.25) is 4.79 Å². The zero-order valence-electron chi connectivity index (χ0n) is 13.7. The number of amides is 1. The van der Waals surface area contributed by atoms with E-state index in [9.17, 15) is 4.79 Å². The molecule has 0 spiro atoms. The molecule has 0 saturated heterocycles. The van der Waals surface area contributed by atoms with Crippen LogP contribution in [0.5, 0.6) is 11.5 Å². The van der Waals surface area contributed by atoms with Crippen molar-refractivity contribution in [1.29, 1.82) is 0 Å². The number of carbonyl (C=O) groups is 1. The lowest BCUT2D eigenvalue weighted by molar-refractivity contribution is -0.120. The lowest BCUT2D eigenvalue weighted by Crippen LogP contribution is -2.25. The average molecular weight is 391 g/mol. The van der Waals surface area contributed by atoms with Gasteiger partial charge in [0.1, 0.15) is 19.5 Å². The fourth-order valence-electron chi connectivity index (χ4n) is 2.60. The summed E-state index contributed by atoms with van der Waals surface area (Å²) in [5.41, 5.74) is 1.43. The maximum atomic E-state index is 12.2. The predicted octanol–water partition coefficient (Wildman–Crippen LogP) is 3.69. The Bertz CT molecular complexity index is 923. The maximum absolute atomic E-state index is 12.2. The van der Waals surface area contributed by atoms with Crippen LogP contribution in [0.1, 0.15) is 11.3 Å². The minimum Gasteiger partial charge on any atom is -0.486 e. The average Bonchev–Trinajstić information content (AvgIpc) is 3.31. The molecule has 3 heterocycles. The molecule has 1 N–H and O–H groups in total. The van der Waals surface area contributed by atoms with Crippen LogP contribution in [0.4, 0.5) is 0 Å². The predicted molar refractivity (Wildman–Crippen MR) is 97.8 cm³/mol. The highest BCUT2D eigenvalue weighted by molar-refractivity contribution is 7.13. The van der Waals surface area contributed by atoms with Crippen molar-refractivity contribution >= 4 is 28.8 Å². The number of nitrogens with one attached hydrogen (secondary N) is 1. The van der Waals surface area contributed by atoms with Crippen molar-refractivity contribution < 1.29 is 18.7 Å². The number of nitrogens with zero attached hydrogens (tertiary/aromatic N) is 1. The smallest absolute Gasteiger partial charge is 0.236 e. The van der Waals surface area contributed by atoms with Crippen LogP contribution in [-0.4, -0.2) is 24.1 Å². The van der Waals surface area contributed by atoms with Gasteiger partial charge in [-0.15, -0.1) is 11.3 Å². The first-order valence-electron chi connectivity index (χ1n) is 8.02. The molecule has 0 radical (unpaired) electrons. The van der Waals surface area contributed by atoms with Crippen LogP contribution >= 0.6 is 22.9 Å². The fourth-order valence-corrected chi connectivity index (χ4v) is 3.55. The van der Waals surface area contributed by atoms with Crippen molar-refractivity contribution in [2.45, 2.75) is 13.0 Å². The minimum atomic E-state index is -0.140. The van der Waals surface area contributed by atoms with Gasteiger partial charge >= 0.3 is 0 Å². The molecule has 0 bridgehead atoms. The van der Waals surface area contributed by atoms with E-state index in [0.29, 0.717) is 47.9 Å². The normalized spacial score (nSPS) is 12.8. The van der Waals surface area contributed by atoms with Crippen LogP contribution < -0.4 is 14.8 Å². The molecule has 0 unspecified atom stereocenters. The second-order valence-electron chi connectivity index (χ2n) is 5.68. The summed E-state index contributed by atoms with van der Waals surface area (Å²) in [5, 5.41) is 5.24. The molecule has 3 aromatic rings. The Morgan fingerprint density at radius 2 is 2.19 bits per heavy atom. The van der Waals surface area contributed by atoms with Crippen LogP contribution in [-0.2, 0) is 17.8 Å². The van der Waals surface area contributed by atoms with Gasteiger partial charge in [0.05, 0.1) is 28.6 Å². The molecule has 1 aliphatic rings. The molecule has 134 valence electrons. The van der Waals surface area contributed by atoms with Gasteiger partial charge in [0.2, 0.25) is 11.8 Å². The number of halogens is 1. The molecule has 1 aliphatic heterocycles. The fraction of sp³-hybridized carbons (Fsp3) is 0.222. The monoisotopic (exact) mass is 390 g/mol. The maximum Gasteiger partial charge on any atom is 0.236 e. The van der Waals surface area contributed by atoms with Crippen LogP contribution in [0.2, 0.25) is 5.02 Å². The minimum absolute atomic E-state index is 0.140. The van der Waals surface area contributed by atoms with Crippen LogP contribution in [0, 0.1) is 0 Å². The third-order valence-corrected chi connectivity index (χ3v) is 4.91. The summed E-state index contributed by atoms with van der Waals surface area (Å²) in [6.07, 6.45) is 1.74. The standard InChI is InChI=1S/C18H15ClN2O4S/c19-13-6-11(7-14-17(13)24-4-3-23-14)8-16(22)20-9-12-10-25-18(21-12)15-2-1-5-26-15/h1-2,5-7,10H,3-4,8-9H2,(H,20,22). The molecule has 4 rings (SSSR count). The third-order valence-electron chi connectivity index (χ3n) is 3.77. The third kappa shape index (κ3) is 3.68. The first-order valence-corrected chi connectivity index (χ1v) is 9.28. The van der Waals surface area contributed by atoms with Gasteiger partial charge in [-0.25, -0.2) is 4.98 Å². The Morgan fingerprint density at radius 1 is 1.31 bits per heavy atom. The Kier molecular flexibility index (Phi) is 4.81. The molecule has 26 heavy (non-hydrogen) atoms. The number of carbonyl (C=O) groups excluding carboxylic acids is 1. The zero-order valence-corrected chi connectivity index (χ0v) is 15.2. The van der Waals surface area contributed by atoms with Gasteiger partial charge in [0.25, 0.3) is 0 Å². The molecule has 0 atom stereocenters. The van der Waals surface area contributed by atoms with Crippen LogP contribution in [0.3, 0.4) is 0 Å². The summed E-state index contributed by atoms with van der Waals surface area (Å²) in [5.74, 6) is 1.52. The van der Waals surface area contributed by atoms with Gasteiger partial charge in [-0.05, 0) is 29.1 Å². The lowest BCUT2D eigenvalue weighted by Gasteiger charge is -2.20. The number of ether oxygens (including phenoxy) is 2. The van der Waals surface area contributed by atoms with Crippen molar-refractivity contribution in [3.8, 4) is 22.3 Å². The highest BCUT2D eigenvalue weighted by Crippen LogP contribution is 2.38. The number of hydrogen-bond donors (Lipinski definition) is 1. The van der Waals surface area contributed by atoms with E-state index in [2.05, 4.69) is 10.3 Å². The molecule has 8 heteroatoms. The van der Waals surface area contributed by atoms with E-state index < -0.39 is 0 Å². The number of aromatic nitrogens is 1. The van der Waals surface area contributed by atoms with E-state index in [1.165, 1.54) is 0 Å². The Balaban J connectivity index is 1.36. The van der Waals surface area contributed by atoms with Gasteiger partial charge in [-0.2, -0.15) is 0 Å². The Labute approximate surface area is 158 Å². The van der Waals surface area contributed by atoms with E-state index in [4.69, 9.17) is 25.5 Å². The second kappa shape index (κ2) is 7.39. The van der Waals surface area contributed by atoms with Crippen LogP contribution in [0.25, 0.3) is 10.8 Å². The lowest BCUT2D eigenvalue weighted by atomic mass is 10.1. The van der Waals surface area contributed by atoms with Gasteiger partial charge < -0.3 is 19.2 Å². The summed E-state index contributed by atoms with van der Waals surface area (Å²) in [6.45, 7) is 1.24. The molecule has 6 nitrogen and oxygen atoms in total. The molecule has 2 aromatic heterocycles. The van der Waals surface area contributed by atoms with Gasteiger partial charge in [-0.1, -0.05) is 17.7 Å². The highest BCUT2D eigenvalue weighted by atomic mass is 35.5. The van der Waals surface area contributed by atoms with E-state index >= 15 is 0 Å². The number of oxazole rings is 1. The summed E-state index contributed by atoms with van der Waals surface area (Å²) < 4.78 is 16.4. The van der Waals surface area contributed by atoms with Crippen molar-refractivity contribution in [3.05, 3.63) is 52.2 Å². The Hall–Kier alpha value is -2.51. The number of thiophene rings is 1. The largest absolute Gasteiger partial charge is 0.486 e. The number of rotatable bonds is 5. The first kappa shape index (κ1) is 16.9. The van der Waals surface area contributed by atoms with E-state index in [1.54, 1.807) is 29.7 Å². The van der Waals surface area contributed by atoms with E-state index in [1.807, 2.05) is 17.5 Å². The molecular weight excluding hydrogens is 376 g/mol. The highest BCUT2D eigenvalue weighted by Gasteiger charge is 2.18. The van der Waals surface area contributed by atoms with Crippen LogP contribution in [0.15, 0.2) is 40.3 Å². The summed E-state index contributed by atoms with van der Waals surface area (Å²) in [7, 11) is 0. The van der Waals surface area contributed by atoms with Crippen molar-refractivity contribution in [2.75, 3.05) is 13.2 Å². The van der Waals surface area contributed by atoms with E-state index in [-0.39, 0.29) is 12.3 Å². The summed E-state index contributed by atoms with van der Waals surface area (Å²) >= 11 is 7.75. The zero-order chi connectivity index (χ0) is 17.9. The number of benzene rings is 1. The molecule has 1 aromatic carbocycles. The molecule has 0 aliphatic carbocycles. The Morgan fingerprint density at radius 3 is 3.04 bits per heavy atom. The molecule has 0 saturated carbocycles. The molecule has 0 fully saturated rings. The molecule has 1 amide bonds. The van der Waals surface area contributed by atoms with Crippen molar-refractivity contribution in [1.82, 2.24) is 10.3 Å². The van der Waals surface area contributed by atoms with Gasteiger partial charge in [0.15, 0.2) is 11.5 Å². The summed E-state index contributed by atoms with van der Waals surface area (Å²) in [6, 6.07) is 7.37. The van der Waals surface area contributed by atoms with Crippen molar-refractivity contribution in [3.63, 3.8) is 0 Å². The van der Waals surface area contributed by atoms with Gasteiger partial charge in [0, 0.05) is 0 Å². The number of fused-ring (bicyclic) bond motifs is 1. The number of hydrogen-bond acceptors (Lipinski definition) is 6. The summed E-state index contributed by atoms with van der Waals surface area (Å²) in [4.78, 5) is 17.5. The second-order valence-corrected chi connectivity index (χ2v) is 7.03. The SMILES string of the molecule is O=C(Cc1cc(Cl)c2c(c1)OCCO2)NCc1coc(-c2cccs2)n1. The van der Waals surface area contributed by atoms with Crippen molar-refractivity contribution in [2.24, 2.45) is 0 Å². The van der Waals surface area contributed by atoms with E-state index in [0.717, 1.165) is 10.4 Å². The quantitative estimate of drug-likeness (QED) is 0.719.